The van der Waals surface area contributed by atoms with E-state index >= 15 is 0 Å². The van der Waals surface area contributed by atoms with Gasteiger partial charge in [-0.1, -0.05) is 31.2 Å². The molecular formula is C14H20N2O. The van der Waals surface area contributed by atoms with Crippen molar-refractivity contribution in [2.24, 2.45) is 5.92 Å². The smallest absolute Gasteiger partial charge is 0.220 e. The zero-order valence-corrected chi connectivity index (χ0v) is 10.3. The number of nitrogens with one attached hydrogen (secondary N) is 2. The molecule has 0 saturated carbocycles. The van der Waals surface area contributed by atoms with Gasteiger partial charge in [-0.05, 0) is 36.6 Å². The third-order valence-corrected chi connectivity index (χ3v) is 3.32. The maximum atomic E-state index is 11.7. The van der Waals surface area contributed by atoms with Crippen LogP contribution in [0.3, 0.4) is 0 Å². The van der Waals surface area contributed by atoms with E-state index in [2.05, 4.69) is 29.7 Å². The summed E-state index contributed by atoms with van der Waals surface area (Å²) in [5.74, 6) is 0.707. The average molecular weight is 232 g/mol. The highest BCUT2D eigenvalue weighted by molar-refractivity contribution is 5.76. The van der Waals surface area contributed by atoms with Crippen LogP contribution in [-0.4, -0.2) is 19.0 Å². The van der Waals surface area contributed by atoms with Gasteiger partial charge in [-0.2, -0.15) is 0 Å². The minimum absolute atomic E-state index is 0.169. The predicted octanol–water partition coefficient (Wildman–Crippen LogP) is 1.47. The van der Waals surface area contributed by atoms with Gasteiger partial charge in [0.05, 0.1) is 0 Å². The minimum atomic E-state index is 0.169. The zero-order chi connectivity index (χ0) is 12.1. The minimum Gasteiger partial charge on any atom is -0.352 e. The lowest BCUT2D eigenvalue weighted by Gasteiger charge is -2.26. The summed E-state index contributed by atoms with van der Waals surface area (Å²) in [6.07, 6.45) is 1.67. The first-order valence-electron chi connectivity index (χ1n) is 6.33. The molecule has 1 aliphatic heterocycles. The van der Waals surface area contributed by atoms with Gasteiger partial charge in [0.15, 0.2) is 0 Å². The topological polar surface area (TPSA) is 41.1 Å². The van der Waals surface area contributed by atoms with Crippen LogP contribution < -0.4 is 10.6 Å². The standard InChI is InChI=1S/C14H20N2O/c1-2-12-5-3-4-6-13(12)10-16-14(17)7-11-8-15-9-11/h3-6,11,15H,2,7-10H2,1H3,(H,16,17). The lowest BCUT2D eigenvalue weighted by atomic mass is 9.99. The summed E-state index contributed by atoms with van der Waals surface area (Å²) in [7, 11) is 0. The van der Waals surface area contributed by atoms with Crippen molar-refractivity contribution in [1.29, 1.82) is 0 Å². The van der Waals surface area contributed by atoms with E-state index in [9.17, 15) is 4.79 Å². The molecule has 92 valence electrons. The highest BCUT2D eigenvalue weighted by Gasteiger charge is 2.19. The van der Waals surface area contributed by atoms with E-state index in [1.54, 1.807) is 0 Å². The van der Waals surface area contributed by atoms with Gasteiger partial charge in [-0.25, -0.2) is 0 Å². The number of carbonyl (C=O) groups excluding carboxylic acids is 1. The van der Waals surface area contributed by atoms with E-state index in [0.29, 0.717) is 18.9 Å². The van der Waals surface area contributed by atoms with Crippen LogP contribution in [0.5, 0.6) is 0 Å². The Kier molecular flexibility index (Phi) is 4.15. The van der Waals surface area contributed by atoms with Gasteiger partial charge in [0, 0.05) is 13.0 Å². The van der Waals surface area contributed by atoms with E-state index in [0.717, 1.165) is 19.5 Å². The van der Waals surface area contributed by atoms with E-state index in [1.165, 1.54) is 11.1 Å². The first kappa shape index (κ1) is 12.1. The van der Waals surface area contributed by atoms with Gasteiger partial charge < -0.3 is 10.6 Å². The lowest BCUT2D eigenvalue weighted by Crippen LogP contribution is -2.44. The molecule has 17 heavy (non-hydrogen) atoms. The summed E-state index contributed by atoms with van der Waals surface area (Å²) in [4.78, 5) is 11.7. The lowest BCUT2D eigenvalue weighted by molar-refractivity contribution is -0.122. The summed E-state index contributed by atoms with van der Waals surface area (Å²) in [6.45, 7) is 4.77. The van der Waals surface area contributed by atoms with Crippen LogP contribution in [-0.2, 0) is 17.8 Å². The number of carbonyl (C=O) groups is 1. The highest BCUT2D eigenvalue weighted by Crippen LogP contribution is 2.10. The van der Waals surface area contributed by atoms with E-state index in [1.807, 2.05) is 12.1 Å². The van der Waals surface area contributed by atoms with Crippen LogP contribution in [0.4, 0.5) is 0 Å². The first-order chi connectivity index (χ1) is 8.29. The first-order valence-corrected chi connectivity index (χ1v) is 6.33. The summed E-state index contributed by atoms with van der Waals surface area (Å²) >= 11 is 0. The fraction of sp³-hybridized carbons (Fsp3) is 0.500. The maximum Gasteiger partial charge on any atom is 0.220 e. The summed E-state index contributed by atoms with van der Waals surface area (Å²) in [5, 5.41) is 6.18. The normalized spacial score (nSPS) is 15.4. The second-order valence-corrected chi connectivity index (χ2v) is 4.63. The van der Waals surface area contributed by atoms with Crippen LogP contribution in [0.15, 0.2) is 24.3 Å². The molecule has 1 aromatic carbocycles. The molecule has 0 bridgehead atoms. The molecule has 1 fully saturated rings. The number of hydrogen-bond acceptors (Lipinski definition) is 2. The Balaban J connectivity index is 1.81. The van der Waals surface area contributed by atoms with Crippen molar-refractivity contribution in [2.45, 2.75) is 26.3 Å². The van der Waals surface area contributed by atoms with Gasteiger partial charge in [-0.15, -0.1) is 0 Å². The average Bonchev–Trinajstić information content (AvgIpc) is 2.31. The molecule has 2 rings (SSSR count). The molecule has 0 spiro atoms. The summed E-state index contributed by atoms with van der Waals surface area (Å²) < 4.78 is 0. The van der Waals surface area contributed by atoms with Crippen LogP contribution >= 0.6 is 0 Å². The van der Waals surface area contributed by atoms with E-state index < -0.39 is 0 Å². The second-order valence-electron chi connectivity index (χ2n) is 4.63. The summed E-state index contributed by atoms with van der Waals surface area (Å²) in [6, 6.07) is 8.28. The van der Waals surface area contributed by atoms with Crippen molar-refractivity contribution in [1.82, 2.24) is 10.6 Å². The van der Waals surface area contributed by atoms with Crippen LogP contribution in [0.1, 0.15) is 24.5 Å². The molecule has 1 aliphatic rings. The second kappa shape index (κ2) is 5.82. The van der Waals surface area contributed by atoms with Crippen molar-refractivity contribution in [3.63, 3.8) is 0 Å². The fourth-order valence-electron chi connectivity index (χ4n) is 2.10. The Hall–Kier alpha value is -1.35. The molecule has 3 heteroatoms. The zero-order valence-electron chi connectivity index (χ0n) is 10.3. The molecule has 0 aromatic heterocycles. The third kappa shape index (κ3) is 3.30. The van der Waals surface area contributed by atoms with Crippen molar-refractivity contribution < 1.29 is 4.79 Å². The highest BCUT2D eigenvalue weighted by atomic mass is 16.1. The molecule has 0 radical (unpaired) electrons. The molecule has 3 nitrogen and oxygen atoms in total. The van der Waals surface area contributed by atoms with Gasteiger partial charge >= 0.3 is 0 Å². The van der Waals surface area contributed by atoms with E-state index in [-0.39, 0.29) is 5.91 Å². The number of aryl methyl sites for hydroxylation is 1. The molecule has 1 amide bonds. The van der Waals surface area contributed by atoms with E-state index in [4.69, 9.17) is 0 Å². The van der Waals surface area contributed by atoms with Crippen LogP contribution in [0.25, 0.3) is 0 Å². The van der Waals surface area contributed by atoms with Crippen molar-refractivity contribution in [3.05, 3.63) is 35.4 Å². The Morgan fingerprint density at radius 1 is 1.35 bits per heavy atom. The van der Waals surface area contributed by atoms with Gasteiger partial charge in [-0.3, -0.25) is 4.79 Å². The Morgan fingerprint density at radius 3 is 2.65 bits per heavy atom. The molecule has 2 N–H and O–H groups in total. The molecule has 1 heterocycles. The quantitative estimate of drug-likeness (QED) is 0.807. The van der Waals surface area contributed by atoms with Crippen LogP contribution in [0, 0.1) is 5.92 Å². The maximum absolute atomic E-state index is 11.7. The third-order valence-electron chi connectivity index (χ3n) is 3.32. The Morgan fingerprint density at radius 2 is 2.06 bits per heavy atom. The molecule has 0 unspecified atom stereocenters. The van der Waals surface area contributed by atoms with Crippen LogP contribution in [0.2, 0.25) is 0 Å². The molecule has 1 saturated heterocycles. The molecule has 0 atom stereocenters. The van der Waals surface area contributed by atoms with Crippen molar-refractivity contribution in [3.8, 4) is 0 Å². The van der Waals surface area contributed by atoms with Gasteiger partial charge in [0.1, 0.15) is 0 Å². The SMILES string of the molecule is CCc1ccccc1CNC(=O)CC1CNC1. The van der Waals surface area contributed by atoms with Gasteiger partial charge in [0.25, 0.3) is 0 Å². The van der Waals surface area contributed by atoms with Crippen molar-refractivity contribution in [2.75, 3.05) is 13.1 Å². The predicted molar refractivity (Wildman–Crippen MR) is 68.6 cm³/mol. The number of amides is 1. The molecule has 0 aliphatic carbocycles. The fourth-order valence-corrected chi connectivity index (χ4v) is 2.10. The molecule has 1 aromatic rings. The number of hydrogen-bond donors (Lipinski definition) is 2. The Bertz CT molecular complexity index is 386. The van der Waals surface area contributed by atoms with Crippen molar-refractivity contribution >= 4 is 5.91 Å². The summed E-state index contributed by atoms with van der Waals surface area (Å²) in [5.41, 5.74) is 2.55. The Labute approximate surface area is 103 Å². The number of benzene rings is 1. The number of rotatable bonds is 5. The monoisotopic (exact) mass is 232 g/mol. The molecular weight excluding hydrogens is 212 g/mol. The largest absolute Gasteiger partial charge is 0.352 e. The van der Waals surface area contributed by atoms with Gasteiger partial charge in [0.2, 0.25) is 5.91 Å².